The molecule has 1 N–H and O–H groups in total. The Bertz CT molecular complexity index is 447. The van der Waals surface area contributed by atoms with Crippen LogP contribution >= 0.6 is 27.3 Å². The third kappa shape index (κ3) is 1.46. The highest BCUT2D eigenvalue weighted by molar-refractivity contribution is 9.10. The molecule has 0 saturated carbocycles. The minimum atomic E-state index is 0.378. The number of aryl methyl sites for hydroxylation is 1. The Kier molecular flexibility index (Phi) is 2.30. The van der Waals surface area contributed by atoms with Crippen LogP contribution in [0.25, 0.3) is 10.1 Å². The van der Waals surface area contributed by atoms with Gasteiger partial charge in [0, 0.05) is 19.9 Å². The van der Waals surface area contributed by atoms with Crippen LogP contribution < -0.4 is 0 Å². The molecule has 0 radical (unpaired) electrons. The van der Waals surface area contributed by atoms with Gasteiger partial charge in [0.15, 0.2) is 0 Å². The van der Waals surface area contributed by atoms with Crippen molar-refractivity contribution in [1.29, 1.82) is 0 Å². The van der Waals surface area contributed by atoms with Crippen LogP contribution in [0.2, 0.25) is 0 Å². The zero-order valence-electron chi connectivity index (χ0n) is 7.17. The maximum Gasteiger partial charge on any atom is 0.134 e. The number of hydrogen-bond acceptors (Lipinski definition) is 2. The molecule has 3 heteroatoms. The average molecular weight is 257 g/mol. The average Bonchev–Trinajstić information content (AvgIpc) is 2.47. The maximum atomic E-state index is 9.49. The van der Waals surface area contributed by atoms with Gasteiger partial charge >= 0.3 is 0 Å². The smallest absolute Gasteiger partial charge is 0.134 e. The van der Waals surface area contributed by atoms with Crippen molar-refractivity contribution in [3.05, 3.63) is 27.5 Å². The summed E-state index contributed by atoms with van der Waals surface area (Å²) in [6.07, 6.45) is 1.01. The van der Waals surface area contributed by atoms with E-state index in [0.29, 0.717) is 5.75 Å². The molecule has 0 bridgehead atoms. The van der Waals surface area contributed by atoms with Crippen LogP contribution in [0.5, 0.6) is 5.75 Å². The second-order valence-corrected chi connectivity index (χ2v) is 4.68. The molecule has 2 aromatic rings. The highest BCUT2D eigenvalue weighted by Gasteiger charge is 2.06. The first-order valence-corrected chi connectivity index (χ1v) is 5.78. The summed E-state index contributed by atoms with van der Waals surface area (Å²) < 4.78 is 2.23. The van der Waals surface area contributed by atoms with Gasteiger partial charge in [0.05, 0.1) is 0 Å². The molecule has 0 aliphatic rings. The van der Waals surface area contributed by atoms with Crippen molar-refractivity contribution in [1.82, 2.24) is 0 Å². The van der Waals surface area contributed by atoms with Gasteiger partial charge in [-0.25, -0.2) is 0 Å². The lowest BCUT2D eigenvalue weighted by Crippen LogP contribution is -1.80. The summed E-state index contributed by atoms with van der Waals surface area (Å²) in [6, 6.07) is 4.11. The molecule has 0 aliphatic heterocycles. The van der Waals surface area contributed by atoms with E-state index >= 15 is 0 Å². The summed E-state index contributed by atoms with van der Waals surface area (Å²) in [6.45, 7) is 2.12. The summed E-state index contributed by atoms with van der Waals surface area (Å²) in [5.74, 6) is 0.378. The lowest BCUT2D eigenvalue weighted by molar-refractivity contribution is 0.483. The van der Waals surface area contributed by atoms with Crippen molar-refractivity contribution in [3.63, 3.8) is 0 Å². The zero-order valence-corrected chi connectivity index (χ0v) is 9.58. The molecule has 68 valence electrons. The quantitative estimate of drug-likeness (QED) is 0.820. The van der Waals surface area contributed by atoms with E-state index in [-0.39, 0.29) is 0 Å². The fraction of sp³-hybridized carbons (Fsp3) is 0.200. The van der Waals surface area contributed by atoms with Crippen molar-refractivity contribution >= 4 is 37.4 Å². The van der Waals surface area contributed by atoms with E-state index in [0.717, 1.165) is 21.0 Å². The molecular formula is C10H9BrOS. The van der Waals surface area contributed by atoms with E-state index < -0.39 is 0 Å². The van der Waals surface area contributed by atoms with Crippen molar-refractivity contribution in [2.45, 2.75) is 13.3 Å². The van der Waals surface area contributed by atoms with Crippen LogP contribution in [0.3, 0.4) is 0 Å². The second-order valence-electron chi connectivity index (χ2n) is 2.91. The van der Waals surface area contributed by atoms with Gasteiger partial charge < -0.3 is 5.11 Å². The maximum absolute atomic E-state index is 9.49. The highest BCUT2D eigenvalue weighted by atomic mass is 79.9. The van der Waals surface area contributed by atoms with Crippen LogP contribution in [-0.2, 0) is 6.42 Å². The van der Waals surface area contributed by atoms with E-state index in [2.05, 4.69) is 28.9 Å². The first-order valence-electron chi connectivity index (χ1n) is 4.11. The van der Waals surface area contributed by atoms with Crippen LogP contribution in [0, 0.1) is 0 Å². The van der Waals surface area contributed by atoms with E-state index in [4.69, 9.17) is 0 Å². The van der Waals surface area contributed by atoms with Gasteiger partial charge in [-0.2, -0.15) is 0 Å². The van der Waals surface area contributed by atoms with Gasteiger partial charge in [0.2, 0.25) is 0 Å². The van der Waals surface area contributed by atoms with Crippen molar-refractivity contribution in [3.8, 4) is 5.75 Å². The number of aromatic hydroxyl groups is 1. The Balaban J connectivity index is 2.76. The molecule has 1 aromatic carbocycles. The summed E-state index contributed by atoms with van der Waals surface area (Å²) in [7, 11) is 0. The van der Waals surface area contributed by atoms with Crippen molar-refractivity contribution in [2.75, 3.05) is 0 Å². The molecule has 0 fully saturated rings. The molecule has 0 amide bonds. The Morgan fingerprint density at radius 3 is 2.92 bits per heavy atom. The van der Waals surface area contributed by atoms with Crippen LogP contribution in [0.15, 0.2) is 22.0 Å². The monoisotopic (exact) mass is 256 g/mol. The molecule has 0 saturated heterocycles. The Morgan fingerprint density at radius 1 is 1.46 bits per heavy atom. The molecule has 1 nitrogen and oxygen atoms in total. The fourth-order valence-electron chi connectivity index (χ4n) is 1.35. The largest absolute Gasteiger partial charge is 0.506 e. The van der Waals surface area contributed by atoms with Gasteiger partial charge in [-0.1, -0.05) is 22.9 Å². The molecule has 1 heterocycles. The van der Waals surface area contributed by atoms with Crippen molar-refractivity contribution < 1.29 is 5.11 Å². The minimum absolute atomic E-state index is 0.378. The summed E-state index contributed by atoms with van der Waals surface area (Å²) >= 11 is 5.07. The number of benzene rings is 1. The number of hydrogen-bond donors (Lipinski definition) is 1. The normalized spacial score (nSPS) is 10.9. The highest BCUT2D eigenvalue weighted by Crippen LogP contribution is 2.35. The van der Waals surface area contributed by atoms with Gasteiger partial charge in [0.25, 0.3) is 0 Å². The van der Waals surface area contributed by atoms with E-state index in [1.54, 1.807) is 16.7 Å². The molecule has 1 aromatic heterocycles. The lowest BCUT2D eigenvalue weighted by Gasteiger charge is -2.00. The SMILES string of the molecule is CCc1cc2scc(O)c2cc1Br. The predicted octanol–water partition coefficient (Wildman–Crippen LogP) is 3.93. The molecule has 0 spiro atoms. The molecule has 0 aliphatic carbocycles. The number of fused-ring (bicyclic) bond motifs is 1. The first kappa shape index (κ1) is 9.03. The van der Waals surface area contributed by atoms with Crippen LogP contribution in [-0.4, -0.2) is 5.11 Å². The van der Waals surface area contributed by atoms with Gasteiger partial charge in [-0.3, -0.25) is 0 Å². The topological polar surface area (TPSA) is 20.2 Å². The Labute approximate surface area is 89.1 Å². The molecule has 0 unspecified atom stereocenters. The fourth-order valence-corrected chi connectivity index (χ4v) is 2.84. The minimum Gasteiger partial charge on any atom is -0.506 e. The number of thiophene rings is 1. The Hall–Kier alpha value is -0.540. The van der Waals surface area contributed by atoms with Crippen molar-refractivity contribution in [2.24, 2.45) is 0 Å². The summed E-state index contributed by atoms with van der Waals surface area (Å²) in [4.78, 5) is 0. The molecule has 2 rings (SSSR count). The summed E-state index contributed by atoms with van der Waals surface area (Å²) in [5, 5.41) is 12.2. The Morgan fingerprint density at radius 2 is 2.23 bits per heavy atom. The first-order chi connectivity index (χ1) is 6.22. The van der Waals surface area contributed by atoms with E-state index in [1.165, 1.54) is 5.56 Å². The molecule has 13 heavy (non-hydrogen) atoms. The van der Waals surface area contributed by atoms with E-state index in [1.807, 2.05) is 6.07 Å². The van der Waals surface area contributed by atoms with Gasteiger partial charge in [0.1, 0.15) is 5.75 Å². The standard InChI is InChI=1S/C10H9BrOS/c1-2-6-3-10-7(4-8(6)11)9(12)5-13-10/h3-5,12H,2H2,1H3. The summed E-state index contributed by atoms with van der Waals surface area (Å²) in [5.41, 5.74) is 1.29. The van der Waals surface area contributed by atoms with Gasteiger partial charge in [-0.05, 0) is 24.1 Å². The number of rotatable bonds is 1. The zero-order chi connectivity index (χ0) is 9.42. The lowest BCUT2D eigenvalue weighted by atomic mass is 10.1. The predicted molar refractivity (Wildman–Crippen MR) is 60.6 cm³/mol. The number of halogens is 1. The second kappa shape index (κ2) is 3.31. The van der Waals surface area contributed by atoms with Gasteiger partial charge in [-0.15, -0.1) is 11.3 Å². The third-order valence-corrected chi connectivity index (χ3v) is 3.77. The third-order valence-electron chi connectivity index (χ3n) is 2.10. The molecule has 0 atom stereocenters. The van der Waals surface area contributed by atoms with Crippen LogP contribution in [0.4, 0.5) is 0 Å². The molecular weight excluding hydrogens is 248 g/mol. The van der Waals surface area contributed by atoms with E-state index in [9.17, 15) is 5.11 Å². The van der Waals surface area contributed by atoms with Crippen LogP contribution in [0.1, 0.15) is 12.5 Å².